The zero-order valence-corrected chi connectivity index (χ0v) is 14.5. The van der Waals surface area contributed by atoms with Gasteiger partial charge in [-0.25, -0.2) is 9.37 Å². The molecular weight excluding hydrogens is 359 g/mol. The summed E-state index contributed by atoms with van der Waals surface area (Å²) in [5.74, 6) is -0.331. The fraction of sp³-hybridized carbons (Fsp3) is 0.0526. The van der Waals surface area contributed by atoms with E-state index in [0.717, 1.165) is 11.1 Å². The van der Waals surface area contributed by atoms with E-state index in [2.05, 4.69) is 4.98 Å². The molecule has 0 spiro atoms. The smallest absolute Gasteiger partial charge is 0.271 e. The Morgan fingerprint density at radius 1 is 1.12 bits per heavy atom. The van der Waals surface area contributed by atoms with E-state index in [1.54, 1.807) is 30.3 Å². The van der Waals surface area contributed by atoms with Gasteiger partial charge in [-0.3, -0.25) is 9.36 Å². The van der Waals surface area contributed by atoms with E-state index in [4.69, 9.17) is 11.6 Å². The van der Waals surface area contributed by atoms with Gasteiger partial charge in [0.15, 0.2) is 0 Å². The van der Waals surface area contributed by atoms with Gasteiger partial charge in [0.05, 0.1) is 18.4 Å². The average Bonchev–Trinajstić information content (AvgIpc) is 3.05. The first-order valence-corrected chi connectivity index (χ1v) is 8.85. The number of halogens is 2. The van der Waals surface area contributed by atoms with Crippen molar-refractivity contribution >= 4 is 33.2 Å². The fourth-order valence-corrected chi connectivity index (χ4v) is 3.80. The molecule has 4 aromatic rings. The van der Waals surface area contributed by atoms with Gasteiger partial charge in [0.25, 0.3) is 5.56 Å². The predicted molar refractivity (Wildman–Crippen MR) is 99.8 cm³/mol. The number of thiophene rings is 1. The van der Waals surface area contributed by atoms with Gasteiger partial charge < -0.3 is 0 Å². The number of nitrogens with zero attached hydrogens (tertiary/aromatic N) is 2. The Balaban J connectivity index is 1.78. The minimum atomic E-state index is -0.331. The fourth-order valence-electron chi connectivity index (χ4n) is 2.70. The Morgan fingerprint density at radius 2 is 1.88 bits per heavy atom. The van der Waals surface area contributed by atoms with Crippen molar-refractivity contribution in [2.75, 3.05) is 0 Å². The summed E-state index contributed by atoms with van der Waals surface area (Å²) >= 11 is 7.28. The molecule has 0 amide bonds. The summed E-state index contributed by atoms with van der Waals surface area (Å²) < 4.78 is 15.8. The third-order valence-electron chi connectivity index (χ3n) is 4.00. The van der Waals surface area contributed by atoms with Crippen LogP contribution in [0.4, 0.5) is 4.39 Å². The largest absolute Gasteiger partial charge is 0.293 e. The van der Waals surface area contributed by atoms with Gasteiger partial charge in [0.2, 0.25) is 0 Å². The molecule has 4 rings (SSSR count). The first kappa shape index (κ1) is 16.0. The highest BCUT2D eigenvalue weighted by Gasteiger charge is 2.13. The Bertz CT molecular complexity index is 1120. The molecule has 0 saturated heterocycles. The van der Waals surface area contributed by atoms with Crippen LogP contribution in [-0.4, -0.2) is 9.55 Å². The molecule has 25 heavy (non-hydrogen) atoms. The van der Waals surface area contributed by atoms with Crippen molar-refractivity contribution in [2.45, 2.75) is 6.54 Å². The molecule has 0 N–H and O–H groups in total. The summed E-state index contributed by atoms with van der Waals surface area (Å²) in [7, 11) is 0. The van der Waals surface area contributed by atoms with Crippen LogP contribution in [0.5, 0.6) is 0 Å². The van der Waals surface area contributed by atoms with Gasteiger partial charge in [-0.1, -0.05) is 41.9 Å². The van der Waals surface area contributed by atoms with Crippen molar-refractivity contribution < 1.29 is 4.39 Å². The maximum atomic E-state index is 13.8. The molecule has 3 nitrogen and oxygen atoms in total. The molecule has 0 bridgehead atoms. The van der Waals surface area contributed by atoms with Gasteiger partial charge in [-0.15, -0.1) is 11.3 Å². The zero-order valence-electron chi connectivity index (χ0n) is 12.9. The number of hydrogen-bond acceptors (Lipinski definition) is 3. The van der Waals surface area contributed by atoms with Crippen molar-refractivity contribution in [2.24, 2.45) is 0 Å². The third-order valence-corrected chi connectivity index (χ3v) is 5.21. The van der Waals surface area contributed by atoms with Crippen LogP contribution in [0.25, 0.3) is 21.3 Å². The Kier molecular flexibility index (Phi) is 4.11. The van der Waals surface area contributed by atoms with Crippen molar-refractivity contribution in [3.05, 3.63) is 87.0 Å². The highest BCUT2D eigenvalue weighted by atomic mass is 35.5. The van der Waals surface area contributed by atoms with Crippen molar-refractivity contribution in [3.8, 4) is 11.1 Å². The molecule has 0 radical (unpaired) electrons. The normalized spacial score (nSPS) is 11.1. The SMILES string of the molecule is O=c1c2scc(-c3ccc(Cl)cc3)c2ncn1Cc1ccccc1F. The summed E-state index contributed by atoms with van der Waals surface area (Å²) in [6, 6.07) is 13.8. The Labute approximate surface area is 152 Å². The minimum absolute atomic E-state index is 0.155. The number of aromatic nitrogens is 2. The van der Waals surface area contributed by atoms with Crippen LogP contribution in [0.1, 0.15) is 5.56 Å². The summed E-state index contributed by atoms with van der Waals surface area (Å²) in [4.78, 5) is 17.2. The zero-order chi connectivity index (χ0) is 17.4. The Hall–Kier alpha value is -2.50. The summed E-state index contributed by atoms with van der Waals surface area (Å²) in [5.41, 5.74) is 2.79. The first-order chi connectivity index (χ1) is 12.1. The van der Waals surface area contributed by atoms with Crippen molar-refractivity contribution in [1.82, 2.24) is 9.55 Å². The maximum absolute atomic E-state index is 13.8. The summed E-state index contributed by atoms with van der Waals surface area (Å²) in [5, 5.41) is 2.57. The van der Waals surface area contributed by atoms with Crippen LogP contribution in [0.3, 0.4) is 0 Å². The van der Waals surface area contributed by atoms with Crippen LogP contribution in [0, 0.1) is 5.82 Å². The van der Waals surface area contributed by atoms with Crippen LogP contribution >= 0.6 is 22.9 Å². The molecule has 0 saturated carbocycles. The molecule has 0 aliphatic heterocycles. The molecule has 0 aliphatic rings. The molecule has 0 aliphatic carbocycles. The Morgan fingerprint density at radius 3 is 2.64 bits per heavy atom. The van der Waals surface area contributed by atoms with E-state index in [1.807, 2.05) is 17.5 Å². The molecule has 2 aromatic carbocycles. The first-order valence-electron chi connectivity index (χ1n) is 7.59. The molecule has 124 valence electrons. The highest BCUT2D eigenvalue weighted by Crippen LogP contribution is 2.31. The number of rotatable bonds is 3. The molecular formula is C19H12ClFN2OS. The van der Waals surface area contributed by atoms with E-state index < -0.39 is 0 Å². The molecule has 2 heterocycles. The van der Waals surface area contributed by atoms with E-state index in [9.17, 15) is 9.18 Å². The second kappa shape index (κ2) is 6.43. The lowest BCUT2D eigenvalue weighted by atomic mass is 10.1. The summed E-state index contributed by atoms with van der Waals surface area (Å²) in [6.45, 7) is 0.155. The van der Waals surface area contributed by atoms with E-state index >= 15 is 0 Å². The van der Waals surface area contributed by atoms with Gasteiger partial charge >= 0.3 is 0 Å². The van der Waals surface area contributed by atoms with Gasteiger partial charge in [-0.2, -0.15) is 0 Å². The topological polar surface area (TPSA) is 34.9 Å². The molecule has 6 heteroatoms. The summed E-state index contributed by atoms with van der Waals surface area (Å²) in [6.07, 6.45) is 1.48. The molecule has 0 unspecified atom stereocenters. The van der Waals surface area contributed by atoms with Crippen LogP contribution in [0.2, 0.25) is 5.02 Å². The van der Waals surface area contributed by atoms with E-state index in [-0.39, 0.29) is 17.9 Å². The molecule has 0 fully saturated rings. The standard InChI is InChI=1S/C19H12ClFN2OS/c20-14-7-5-12(6-8-14)15-10-25-18-17(15)22-11-23(19(18)24)9-13-3-1-2-4-16(13)21/h1-8,10-11H,9H2. The highest BCUT2D eigenvalue weighted by molar-refractivity contribution is 7.17. The van der Waals surface area contributed by atoms with Gasteiger partial charge in [-0.05, 0) is 23.8 Å². The average molecular weight is 371 g/mol. The second-order valence-corrected chi connectivity index (χ2v) is 6.92. The predicted octanol–water partition coefficient (Wildman–Crippen LogP) is 4.97. The maximum Gasteiger partial charge on any atom is 0.271 e. The van der Waals surface area contributed by atoms with Crippen molar-refractivity contribution in [3.63, 3.8) is 0 Å². The number of hydrogen-bond donors (Lipinski definition) is 0. The lowest BCUT2D eigenvalue weighted by Crippen LogP contribution is -2.20. The van der Waals surface area contributed by atoms with E-state index in [0.29, 0.717) is 20.8 Å². The van der Waals surface area contributed by atoms with E-state index in [1.165, 1.54) is 28.3 Å². The van der Waals surface area contributed by atoms with Crippen LogP contribution < -0.4 is 5.56 Å². The lowest BCUT2D eigenvalue weighted by molar-refractivity contribution is 0.595. The number of benzene rings is 2. The van der Waals surface area contributed by atoms with Gasteiger partial charge in [0.1, 0.15) is 10.5 Å². The second-order valence-electron chi connectivity index (χ2n) is 5.60. The van der Waals surface area contributed by atoms with Crippen LogP contribution in [0.15, 0.2) is 65.0 Å². The monoisotopic (exact) mass is 370 g/mol. The quantitative estimate of drug-likeness (QED) is 0.510. The van der Waals surface area contributed by atoms with Gasteiger partial charge in [0, 0.05) is 21.5 Å². The lowest BCUT2D eigenvalue weighted by Gasteiger charge is -2.07. The third kappa shape index (κ3) is 2.97. The minimum Gasteiger partial charge on any atom is -0.293 e. The molecule has 0 atom stereocenters. The van der Waals surface area contributed by atoms with Crippen molar-refractivity contribution in [1.29, 1.82) is 0 Å². The molecule has 2 aromatic heterocycles. The number of fused-ring (bicyclic) bond motifs is 1. The van der Waals surface area contributed by atoms with Crippen LogP contribution in [-0.2, 0) is 6.54 Å².